The number of anilines is 2. The van der Waals surface area contributed by atoms with Crippen LogP contribution in [0.25, 0.3) is 0 Å². The highest BCUT2D eigenvalue weighted by atomic mass is 32.2. The second-order valence-electron chi connectivity index (χ2n) is 6.81. The Morgan fingerprint density at radius 1 is 1.00 bits per heavy atom. The number of amides is 1. The van der Waals surface area contributed by atoms with E-state index in [1.165, 1.54) is 4.31 Å². The third-order valence-electron chi connectivity index (χ3n) is 4.72. The number of para-hydroxylation sites is 1. The van der Waals surface area contributed by atoms with Gasteiger partial charge in [-0.15, -0.1) is 0 Å². The second kappa shape index (κ2) is 8.00. The summed E-state index contributed by atoms with van der Waals surface area (Å²) in [5.74, 6) is -0.172. The molecule has 0 unspecified atom stereocenters. The first-order chi connectivity index (χ1) is 12.8. The second-order valence-corrected chi connectivity index (χ2v) is 8.72. The fourth-order valence-corrected chi connectivity index (χ4v) is 4.10. The largest absolute Gasteiger partial charge is 0.368 e. The number of piperazine rings is 1. The monoisotopic (exact) mass is 387 g/mol. The van der Waals surface area contributed by atoms with Crippen LogP contribution >= 0.6 is 0 Å². The Hall–Kier alpha value is -2.54. The molecule has 1 saturated heterocycles. The lowest BCUT2D eigenvalue weighted by atomic mass is 10.2. The molecule has 6 nitrogen and oxygen atoms in total. The number of carbonyl (C=O) groups excluding carboxylic acids is 1. The summed E-state index contributed by atoms with van der Waals surface area (Å²) in [5.41, 5.74) is 2.61. The van der Waals surface area contributed by atoms with Gasteiger partial charge in [0.15, 0.2) is 0 Å². The van der Waals surface area contributed by atoms with Gasteiger partial charge < -0.3 is 9.80 Å². The van der Waals surface area contributed by atoms with Crippen molar-refractivity contribution in [3.05, 3.63) is 60.2 Å². The first-order valence-corrected chi connectivity index (χ1v) is 10.8. The van der Waals surface area contributed by atoms with Crippen LogP contribution in [0.2, 0.25) is 0 Å². The summed E-state index contributed by atoms with van der Waals surface area (Å²) in [6.07, 6.45) is 1.13. The van der Waals surface area contributed by atoms with Gasteiger partial charge in [0.1, 0.15) is 6.54 Å². The molecule has 0 aromatic heterocycles. The van der Waals surface area contributed by atoms with Crippen molar-refractivity contribution in [2.45, 2.75) is 6.92 Å². The van der Waals surface area contributed by atoms with Crippen LogP contribution in [-0.2, 0) is 14.8 Å². The summed E-state index contributed by atoms with van der Waals surface area (Å²) in [6, 6.07) is 17.3. The highest BCUT2D eigenvalue weighted by Gasteiger charge is 2.26. The Bertz CT molecular complexity index is 892. The van der Waals surface area contributed by atoms with Crippen molar-refractivity contribution in [2.24, 2.45) is 0 Å². The van der Waals surface area contributed by atoms with Crippen LogP contribution in [-0.4, -0.2) is 58.2 Å². The zero-order chi connectivity index (χ0) is 19.4. The number of carbonyl (C=O) groups is 1. The van der Waals surface area contributed by atoms with Crippen LogP contribution in [0.5, 0.6) is 0 Å². The van der Waals surface area contributed by atoms with E-state index in [1.807, 2.05) is 31.2 Å². The van der Waals surface area contributed by atoms with Gasteiger partial charge in [-0.1, -0.05) is 30.3 Å². The third-order valence-corrected chi connectivity index (χ3v) is 5.86. The van der Waals surface area contributed by atoms with E-state index in [0.717, 1.165) is 30.6 Å². The van der Waals surface area contributed by atoms with Crippen LogP contribution in [0.1, 0.15) is 5.56 Å². The van der Waals surface area contributed by atoms with Crippen molar-refractivity contribution in [1.82, 2.24) is 4.90 Å². The molecule has 0 saturated carbocycles. The Morgan fingerprint density at radius 3 is 2.26 bits per heavy atom. The molecule has 0 aliphatic carbocycles. The molecule has 3 rings (SSSR count). The molecule has 1 fully saturated rings. The Balaban J connectivity index is 1.67. The molecule has 2 aromatic carbocycles. The van der Waals surface area contributed by atoms with E-state index in [9.17, 15) is 13.2 Å². The number of hydrogen-bond donors (Lipinski definition) is 0. The van der Waals surface area contributed by atoms with E-state index in [1.54, 1.807) is 23.1 Å². The van der Waals surface area contributed by atoms with Gasteiger partial charge in [-0.25, -0.2) is 8.42 Å². The molecule has 0 radical (unpaired) electrons. The zero-order valence-corrected chi connectivity index (χ0v) is 16.5. The molecule has 1 aliphatic heterocycles. The molecule has 0 bridgehead atoms. The van der Waals surface area contributed by atoms with Gasteiger partial charge in [-0.05, 0) is 36.8 Å². The first-order valence-electron chi connectivity index (χ1n) is 8.97. The fraction of sp³-hybridized carbons (Fsp3) is 0.350. The van der Waals surface area contributed by atoms with E-state index < -0.39 is 10.0 Å². The normalized spacial score (nSPS) is 14.9. The standard InChI is InChI=1S/C20H25N3O3S/c1-17-7-6-10-19(15-17)23(27(2,25)26)16-20(24)22-13-11-21(12-14-22)18-8-4-3-5-9-18/h3-10,15H,11-14,16H2,1-2H3. The van der Waals surface area contributed by atoms with Crippen LogP contribution < -0.4 is 9.21 Å². The number of hydrogen-bond acceptors (Lipinski definition) is 4. The summed E-state index contributed by atoms with van der Waals surface area (Å²) >= 11 is 0. The van der Waals surface area contributed by atoms with Crippen molar-refractivity contribution < 1.29 is 13.2 Å². The van der Waals surface area contributed by atoms with E-state index in [-0.39, 0.29) is 12.5 Å². The van der Waals surface area contributed by atoms with Gasteiger partial charge in [0.25, 0.3) is 0 Å². The van der Waals surface area contributed by atoms with Gasteiger partial charge in [0, 0.05) is 31.9 Å². The van der Waals surface area contributed by atoms with E-state index in [0.29, 0.717) is 18.8 Å². The molecule has 1 amide bonds. The van der Waals surface area contributed by atoms with Crippen LogP contribution in [0.4, 0.5) is 11.4 Å². The highest BCUT2D eigenvalue weighted by molar-refractivity contribution is 7.92. The summed E-state index contributed by atoms with van der Waals surface area (Å²) in [7, 11) is -3.55. The van der Waals surface area contributed by atoms with Crippen molar-refractivity contribution in [1.29, 1.82) is 0 Å². The molecular weight excluding hydrogens is 362 g/mol. The molecule has 2 aromatic rings. The van der Waals surface area contributed by atoms with Gasteiger partial charge in [0.2, 0.25) is 15.9 Å². The van der Waals surface area contributed by atoms with Crippen molar-refractivity contribution in [3.63, 3.8) is 0 Å². The zero-order valence-electron chi connectivity index (χ0n) is 15.7. The van der Waals surface area contributed by atoms with Crippen LogP contribution in [0, 0.1) is 6.92 Å². The molecule has 1 heterocycles. The minimum atomic E-state index is -3.55. The molecule has 27 heavy (non-hydrogen) atoms. The maximum Gasteiger partial charge on any atom is 0.243 e. The minimum absolute atomic E-state index is 0.172. The average Bonchev–Trinajstić information content (AvgIpc) is 2.66. The van der Waals surface area contributed by atoms with E-state index in [4.69, 9.17) is 0 Å². The molecule has 0 atom stereocenters. The topological polar surface area (TPSA) is 60.9 Å². The minimum Gasteiger partial charge on any atom is -0.368 e. The predicted octanol–water partition coefficient (Wildman–Crippen LogP) is 2.11. The smallest absolute Gasteiger partial charge is 0.243 e. The lowest BCUT2D eigenvalue weighted by molar-refractivity contribution is -0.129. The SMILES string of the molecule is Cc1cccc(N(CC(=O)N2CCN(c3ccccc3)CC2)S(C)(=O)=O)c1. The maximum atomic E-state index is 12.8. The maximum absolute atomic E-state index is 12.8. The molecular formula is C20H25N3O3S. The van der Waals surface area contributed by atoms with Gasteiger partial charge in [-0.2, -0.15) is 0 Å². The van der Waals surface area contributed by atoms with E-state index >= 15 is 0 Å². The number of nitrogens with zero attached hydrogens (tertiary/aromatic N) is 3. The predicted molar refractivity (Wildman–Crippen MR) is 109 cm³/mol. The fourth-order valence-electron chi connectivity index (χ4n) is 3.26. The number of benzene rings is 2. The quantitative estimate of drug-likeness (QED) is 0.788. The molecule has 0 N–H and O–H groups in total. The number of rotatable bonds is 5. The third kappa shape index (κ3) is 4.80. The Labute approximate surface area is 161 Å². The summed E-state index contributed by atoms with van der Waals surface area (Å²) in [4.78, 5) is 16.7. The van der Waals surface area contributed by atoms with Crippen molar-refractivity contribution in [2.75, 3.05) is 48.2 Å². The molecule has 7 heteroatoms. The Morgan fingerprint density at radius 2 is 1.67 bits per heavy atom. The lowest BCUT2D eigenvalue weighted by Gasteiger charge is -2.37. The van der Waals surface area contributed by atoms with Gasteiger partial charge >= 0.3 is 0 Å². The van der Waals surface area contributed by atoms with E-state index in [2.05, 4.69) is 17.0 Å². The summed E-state index contributed by atoms with van der Waals surface area (Å²) < 4.78 is 25.7. The van der Waals surface area contributed by atoms with Crippen molar-refractivity contribution >= 4 is 27.3 Å². The Kier molecular flexibility index (Phi) is 5.70. The van der Waals surface area contributed by atoms with Gasteiger partial charge in [0.05, 0.1) is 11.9 Å². The molecule has 0 spiro atoms. The lowest BCUT2D eigenvalue weighted by Crippen LogP contribution is -2.52. The van der Waals surface area contributed by atoms with Crippen LogP contribution in [0.15, 0.2) is 54.6 Å². The number of aryl methyl sites for hydroxylation is 1. The first kappa shape index (κ1) is 19.2. The van der Waals surface area contributed by atoms with Gasteiger partial charge in [-0.3, -0.25) is 9.10 Å². The summed E-state index contributed by atoms with van der Waals surface area (Å²) in [5, 5.41) is 0. The summed E-state index contributed by atoms with van der Waals surface area (Å²) in [6.45, 7) is 4.36. The average molecular weight is 388 g/mol. The molecule has 144 valence electrons. The van der Waals surface area contributed by atoms with Crippen LogP contribution in [0.3, 0.4) is 0 Å². The van der Waals surface area contributed by atoms with Crippen molar-refractivity contribution in [3.8, 4) is 0 Å². The number of sulfonamides is 1. The highest BCUT2D eigenvalue weighted by Crippen LogP contribution is 2.20. The molecule has 1 aliphatic rings.